The SMILES string of the molecule is CCCCCCCCCCCCc1cc(-c2sccc2CCOCCOCCOC)sc1Br. The lowest BCUT2D eigenvalue weighted by molar-refractivity contribution is 0.0256. The van der Waals surface area contributed by atoms with Gasteiger partial charge in [0.05, 0.1) is 36.8 Å². The molecular weight excluding hydrogens is 516 g/mol. The first kappa shape index (κ1) is 29.0. The van der Waals surface area contributed by atoms with Crippen LogP contribution in [0.2, 0.25) is 0 Å². The standard InChI is InChI=1S/C27H43BrO3S2/c1-3-4-5-6-7-8-9-10-11-12-13-24-22-25(33-27(24)28)26-23(15-21-32-26)14-16-30-19-20-31-18-17-29-2/h15,21-22H,3-14,16-20H2,1-2H3. The summed E-state index contributed by atoms with van der Waals surface area (Å²) in [6.07, 6.45) is 16.0. The molecule has 188 valence electrons. The van der Waals surface area contributed by atoms with E-state index in [1.54, 1.807) is 7.11 Å². The number of thiophene rings is 2. The van der Waals surface area contributed by atoms with Crippen LogP contribution >= 0.6 is 38.6 Å². The molecule has 0 aliphatic carbocycles. The number of ether oxygens (including phenoxy) is 3. The Balaban J connectivity index is 1.64. The van der Waals surface area contributed by atoms with Crippen LogP contribution < -0.4 is 0 Å². The molecule has 2 heterocycles. The summed E-state index contributed by atoms with van der Waals surface area (Å²) < 4.78 is 17.5. The van der Waals surface area contributed by atoms with Crippen molar-refractivity contribution in [3.63, 3.8) is 0 Å². The second-order valence-corrected chi connectivity index (χ2v) is 11.9. The summed E-state index contributed by atoms with van der Waals surface area (Å²) >= 11 is 7.54. The minimum atomic E-state index is 0.625. The Bertz CT molecular complexity index is 729. The van der Waals surface area contributed by atoms with Crippen LogP contribution in [0, 0.1) is 0 Å². The van der Waals surface area contributed by atoms with Crippen molar-refractivity contribution in [1.82, 2.24) is 0 Å². The van der Waals surface area contributed by atoms with Crippen LogP contribution in [0.15, 0.2) is 21.3 Å². The maximum Gasteiger partial charge on any atom is 0.0737 e. The molecule has 2 aromatic rings. The summed E-state index contributed by atoms with van der Waals surface area (Å²) in [6.45, 7) is 5.54. The predicted octanol–water partition coefficient (Wildman–Crippen LogP) is 8.92. The molecule has 0 bridgehead atoms. The zero-order chi connectivity index (χ0) is 23.6. The van der Waals surface area contributed by atoms with E-state index in [0.717, 1.165) is 13.0 Å². The van der Waals surface area contributed by atoms with Crippen LogP contribution in [0.25, 0.3) is 9.75 Å². The zero-order valence-corrected chi connectivity index (χ0v) is 23.9. The molecular formula is C27H43BrO3S2. The van der Waals surface area contributed by atoms with Gasteiger partial charge in [0.1, 0.15) is 0 Å². The average Bonchev–Trinajstić information content (AvgIpc) is 3.43. The quantitative estimate of drug-likeness (QED) is 0.143. The summed E-state index contributed by atoms with van der Waals surface area (Å²) in [6, 6.07) is 4.65. The third-order valence-electron chi connectivity index (χ3n) is 5.85. The number of rotatable bonds is 21. The molecule has 0 spiro atoms. The van der Waals surface area contributed by atoms with E-state index in [1.165, 1.54) is 95.3 Å². The van der Waals surface area contributed by atoms with E-state index in [2.05, 4.69) is 40.4 Å². The lowest BCUT2D eigenvalue weighted by Gasteiger charge is -2.06. The number of hydrogen-bond donors (Lipinski definition) is 0. The second kappa shape index (κ2) is 19.0. The van der Waals surface area contributed by atoms with Crippen molar-refractivity contribution in [2.75, 3.05) is 40.1 Å². The first-order valence-corrected chi connectivity index (χ1v) is 15.2. The maximum atomic E-state index is 5.76. The van der Waals surface area contributed by atoms with Crippen LogP contribution in [-0.4, -0.2) is 40.1 Å². The van der Waals surface area contributed by atoms with Gasteiger partial charge >= 0.3 is 0 Å². The fourth-order valence-corrected chi connectivity index (χ4v) is 6.77. The van der Waals surface area contributed by atoms with Crippen LogP contribution in [0.3, 0.4) is 0 Å². The summed E-state index contributed by atoms with van der Waals surface area (Å²) in [5, 5.41) is 2.20. The number of halogens is 1. The Morgan fingerprint density at radius 2 is 1.39 bits per heavy atom. The molecule has 0 saturated heterocycles. The van der Waals surface area contributed by atoms with Crippen molar-refractivity contribution in [1.29, 1.82) is 0 Å². The normalized spacial score (nSPS) is 11.5. The van der Waals surface area contributed by atoms with Gasteiger partial charge < -0.3 is 14.2 Å². The van der Waals surface area contributed by atoms with Gasteiger partial charge in [-0.1, -0.05) is 64.7 Å². The first-order chi connectivity index (χ1) is 16.3. The highest BCUT2D eigenvalue weighted by Crippen LogP contribution is 2.40. The number of methoxy groups -OCH3 is 1. The topological polar surface area (TPSA) is 27.7 Å². The highest BCUT2D eigenvalue weighted by atomic mass is 79.9. The van der Waals surface area contributed by atoms with Crippen molar-refractivity contribution in [2.45, 2.75) is 84.0 Å². The van der Waals surface area contributed by atoms with Gasteiger partial charge in [-0.3, -0.25) is 0 Å². The Morgan fingerprint density at radius 1 is 0.758 bits per heavy atom. The molecule has 33 heavy (non-hydrogen) atoms. The summed E-state index contributed by atoms with van der Waals surface area (Å²) in [7, 11) is 1.69. The van der Waals surface area contributed by atoms with Gasteiger partial charge in [-0.05, 0) is 63.8 Å². The smallest absolute Gasteiger partial charge is 0.0737 e. The minimum Gasteiger partial charge on any atom is -0.382 e. The second-order valence-electron chi connectivity index (χ2n) is 8.58. The van der Waals surface area contributed by atoms with Crippen molar-refractivity contribution in [2.24, 2.45) is 0 Å². The van der Waals surface area contributed by atoms with Crippen LogP contribution in [-0.2, 0) is 27.1 Å². The number of aryl methyl sites for hydroxylation is 1. The summed E-state index contributed by atoms with van der Waals surface area (Å²) in [5.41, 5.74) is 2.86. The molecule has 0 radical (unpaired) electrons. The first-order valence-electron chi connectivity index (χ1n) is 12.8. The molecule has 0 aromatic carbocycles. The van der Waals surface area contributed by atoms with Gasteiger partial charge in [0.15, 0.2) is 0 Å². The molecule has 0 fully saturated rings. The minimum absolute atomic E-state index is 0.625. The third kappa shape index (κ3) is 12.3. The molecule has 0 atom stereocenters. The highest BCUT2D eigenvalue weighted by Gasteiger charge is 2.13. The molecule has 0 aliphatic heterocycles. The molecule has 0 aliphatic rings. The maximum absolute atomic E-state index is 5.76. The van der Waals surface area contributed by atoms with Gasteiger partial charge in [0, 0.05) is 16.9 Å². The van der Waals surface area contributed by atoms with Gasteiger partial charge in [-0.15, -0.1) is 22.7 Å². The van der Waals surface area contributed by atoms with Crippen molar-refractivity contribution in [3.05, 3.63) is 32.4 Å². The molecule has 6 heteroatoms. The molecule has 0 N–H and O–H groups in total. The Morgan fingerprint density at radius 3 is 2.09 bits per heavy atom. The van der Waals surface area contributed by atoms with Crippen molar-refractivity contribution < 1.29 is 14.2 Å². The summed E-state index contributed by atoms with van der Waals surface area (Å²) in [5.74, 6) is 0. The van der Waals surface area contributed by atoms with E-state index >= 15 is 0 Å². The van der Waals surface area contributed by atoms with E-state index < -0.39 is 0 Å². The molecule has 2 aromatic heterocycles. The lowest BCUT2D eigenvalue weighted by atomic mass is 10.0. The van der Waals surface area contributed by atoms with Gasteiger partial charge in [-0.2, -0.15) is 0 Å². The fourth-order valence-electron chi connectivity index (χ4n) is 3.89. The summed E-state index contributed by atoms with van der Waals surface area (Å²) in [4.78, 5) is 2.78. The molecule has 0 amide bonds. The van der Waals surface area contributed by atoms with E-state index in [9.17, 15) is 0 Å². The lowest BCUT2D eigenvalue weighted by Crippen LogP contribution is -2.09. The van der Waals surface area contributed by atoms with Gasteiger partial charge in [0.2, 0.25) is 0 Å². The van der Waals surface area contributed by atoms with Crippen molar-refractivity contribution >= 4 is 38.6 Å². The fraction of sp³-hybridized carbons (Fsp3) is 0.704. The Labute approximate surface area is 218 Å². The molecule has 2 rings (SSSR count). The third-order valence-corrected chi connectivity index (χ3v) is 8.94. The number of hydrogen-bond acceptors (Lipinski definition) is 5. The van der Waals surface area contributed by atoms with Crippen LogP contribution in [0.5, 0.6) is 0 Å². The van der Waals surface area contributed by atoms with Crippen molar-refractivity contribution in [3.8, 4) is 9.75 Å². The Kier molecular flexibility index (Phi) is 16.7. The van der Waals surface area contributed by atoms with E-state index in [4.69, 9.17) is 14.2 Å². The highest BCUT2D eigenvalue weighted by molar-refractivity contribution is 9.11. The molecule has 0 saturated carbocycles. The van der Waals surface area contributed by atoms with Gasteiger partial charge in [0.25, 0.3) is 0 Å². The van der Waals surface area contributed by atoms with E-state index in [-0.39, 0.29) is 0 Å². The molecule has 0 unspecified atom stereocenters. The monoisotopic (exact) mass is 558 g/mol. The van der Waals surface area contributed by atoms with E-state index in [0.29, 0.717) is 26.4 Å². The zero-order valence-electron chi connectivity index (χ0n) is 20.7. The van der Waals surface area contributed by atoms with Crippen LogP contribution in [0.1, 0.15) is 82.3 Å². The predicted molar refractivity (Wildman–Crippen MR) is 148 cm³/mol. The molecule has 3 nitrogen and oxygen atoms in total. The average molecular weight is 560 g/mol. The number of unbranched alkanes of at least 4 members (excludes halogenated alkanes) is 9. The van der Waals surface area contributed by atoms with Gasteiger partial charge in [-0.25, -0.2) is 0 Å². The largest absolute Gasteiger partial charge is 0.382 e. The Hall–Kier alpha value is -0.240. The van der Waals surface area contributed by atoms with E-state index in [1.807, 2.05) is 22.7 Å². The van der Waals surface area contributed by atoms with Crippen LogP contribution in [0.4, 0.5) is 0 Å².